The van der Waals surface area contributed by atoms with Crippen LogP contribution in [0.25, 0.3) is 0 Å². The van der Waals surface area contributed by atoms with Gasteiger partial charge in [-0.2, -0.15) is 0 Å². The van der Waals surface area contributed by atoms with E-state index in [4.69, 9.17) is 52.1 Å². The fourth-order valence-electron chi connectivity index (χ4n) is 15.9. The van der Waals surface area contributed by atoms with Crippen LogP contribution in [0.1, 0.15) is 101 Å². The Morgan fingerprint density at radius 2 is 1.43 bits per heavy atom. The van der Waals surface area contributed by atoms with Gasteiger partial charge in [-0.05, 0) is 95.0 Å². The molecule has 27 heteroatoms. The van der Waals surface area contributed by atoms with Crippen LogP contribution in [0.2, 0.25) is 0 Å². The predicted molar refractivity (Wildman–Crippen MR) is 274 cm³/mol. The number of hydrogen-bond donors (Lipinski definition) is 8. The van der Waals surface area contributed by atoms with Gasteiger partial charge in [0.15, 0.2) is 25.2 Å². The molecule has 0 bridgehead atoms. The number of aliphatic hydroxyl groups is 8. The summed E-state index contributed by atoms with van der Waals surface area (Å²) in [6.45, 7) is 15.4. The third kappa shape index (κ3) is 11.7. The molecule has 8 fully saturated rings. The Balaban J connectivity index is 0.00000880. The SMILES string of the molecule is CO[C@@H]1[C@@H](O)[C@H](O[C@@H]2[C@@H](O)[C@H](O[C@H]3[C@H](O)[C@@H](O)[C@H](O[C@H]4[C@H](O[C@H]5CC[C@]6(C)[C@@H]7CC[C@]89C(=O)O[C@@](C)(/C=C/C=C(C)C)[C@H]8[C@@H](OC(C)=O)C[C@@]9(C)C7=CC[C@H]6C5(C)C)OC[C@@H](OS(=O)(=O)[O-])[C@@H]4O)O[C@@H]3C)OC[C@H]2O)O[C@H](CO)[C@H]1O.[Na+]. The minimum atomic E-state index is -5.41. The van der Waals surface area contributed by atoms with E-state index in [-0.39, 0.29) is 52.8 Å². The van der Waals surface area contributed by atoms with Crippen molar-refractivity contribution < 1.29 is 149 Å². The number of ether oxygens (including phenoxy) is 11. The molecule has 0 unspecified atom stereocenters. The summed E-state index contributed by atoms with van der Waals surface area (Å²) >= 11 is 0. The first-order valence-corrected chi connectivity index (χ1v) is 29.3. The third-order valence-electron chi connectivity index (χ3n) is 19.8. The summed E-state index contributed by atoms with van der Waals surface area (Å²) in [6.07, 6.45) is -19.2. The normalized spacial score (nSPS) is 49.0. The smallest absolute Gasteiger partial charge is 0.726 e. The van der Waals surface area contributed by atoms with Gasteiger partial charge in [0.25, 0.3) is 0 Å². The van der Waals surface area contributed by atoms with Gasteiger partial charge in [0.2, 0.25) is 10.4 Å². The van der Waals surface area contributed by atoms with E-state index in [0.717, 1.165) is 11.1 Å². The minimum absolute atomic E-state index is 0. The summed E-state index contributed by atoms with van der Waals surface area (Å²) in [6, 6.07) is 0. The minimum Gasteiger partial charge on any atom is -0.726 e. The van der Waals surface area contributed by atoms with E-state index in [1.54, 1.807) is 0 Å². The summed E-state index contributed by atoms with van der Waals surface area (Å²) in [5, 5.41) is 88.3. The second kappa shape index (κ2) is 24.7. The molecule has 27 atom stereocenters. The first-order valence-electron chi connectivity index (χ1n) is 28.0. The molecule has 9 aliphatic rings. The van der Waals surface area contributed by atoms with Crippen molar-refractivity contribution in [2.45, 2.75) is 229 Å². The van der Waals surface area contributed by atoms with Crippen LogP contribution in [0.15, 0.2) is 35.5 Å². The van der Waals surface area contributed by atoms with Crippen molar-refractivity contribution in [2.75, 3.05) is 26.9 Å². The van der Waals surface area contributed by atoms with Gasteiger partial charge >= 0.3 is 41.5 Å². The van der Waals surface area contributed by atoms with Gasteiger partial charge < -0.3 is 97.5 Å². The Morgan fingerprint density at radius 3 is 2.07 bits per heavy atom. The van der Waals surface area contributed by atoms with Crippen molar-refractivity contribution in [3.63, 3.8) is 0 Å². The third-order valence-corrected chi connectivity index (χ3v) is 20.2. The number of carbonyl (C=O) groups excluding carboxylic acids is 2. The molecular formula is C55H83NaO25S. The van der Waals surface area contributed by atoms with E-state index < -0.39 is 187 Å². The Morgan fingerprint density at radius 1 is 0.780 bits per heavy atom. The van der Waals surface area contributed by atoms with Crippen LogP contribution in [0.3, 0.4) is 0 Å². The molecule has 82 heavy (non-hydrogen) atoms. The van der Waals surface area contributed by atoms with E-state index in [9.17, 15) is 63.4 Å². The van der Waals surface area contributed by atoms with Crippen molar-refractivity contribution in [1.29, 1.82) is 0 Å². The summed E-state index contributed by atoms with van der Waals surface area (Å²) < 4.78 is 106. The van der Waals surface area contributed by atoms with Crippen molar-refractivity contribution in [3.8, 4) is 0 Å². The molecule has 0 amide bonds. The van der Waals surface area contributed by atoms with Crippen molar-refractivity contribution in [2.24, 2.45) is 39.4 Å². The van der Waals surface area contributed by atoms with E-state index in [1.807, 2.05) is 39.0 Å². The number of esters is 2. The van der Waals surface area contributed by atoms with E-state index >= 15 is 0 Å². The number of hydrogen-bond acceptors (Lipinski definition) is 25. The summed E-state index contributed by atoms with van der Waals surface area (Å²) in [5.74, 6) is -1.18. The second-order valence-corrected chi connectivity index (χ2v) is 26.2. The Bertz CT molecular complexity index is 2510. The Labute approximate surface area is 500 Å². The van der Waals surface area contributed by atoms with Gasteiger partial charge in [-0.25, -0.2) is 8.42 Å². The fraction of sp³-hybridized carbons (Fsp3) is 0.855. The molecule has 25 nitrogen and oxygen atoms in total. The van der Waals surface area contributed by atoms with Crippen molar-refractivity contribution in [3.05, 3.63) is 35.5 Å². The number of rotatable bonds is 15. The molecule has 0 radical (unpaired) electrons. The number of allylic oxidation sites excluding steroid dienone is 5. The van der Waals surface area contributed by atoms with Gasteiger partial charge in [0.1, 0.15) is 91.1 Å². The quantitative estimate of drug-likeness (QED) is 0.0203. The molecule has 460 valence electrons. The van der Waals surface area contributed by atoms with E-state index in [2.05, 4.69) is 38.0 Å². The van der Waals surface area contributed by atoms with Crippen LogP contribution in [-0.4, -0.2) is 221 Å². The Kier molecular flexibility index (Phi) is 20.0. The van der Waals surface area contributed by atoms with Crippen LogP contribution in [0.5, 0.6) is 0 Å². The number of aliphatic hydroxyl groups excluding tert-OH is 8. The topological polar surface area (TPSA) is 364 Å². The van der Waals surface area contributed by atoms with Crippen LogP contribution in [-0.2, 0) is 76.3 Å². The molecule has 5 heterocycles. The van der Waals surface area contributed by atoms with Crippen LogP contribution >= 0.6 is 0 Å². The molecule has 1 spiro atoms. The number of methoxy groups -OCH3 is 1. The molecule has 9 rings (SSSR count). The zero-order valence-corrected chi connectivity index (χ0v) is 51.2. The molecular weight excluding hydrogens is 1120 g/mol. The zero-order chi connectivity index (χ0) is 59.3. The second-order valence-electron chi connectivity index (χ2n) is 25.2. The van der Waals surface area contributed by atoms with E-state index in [0.29, 0.717) is 38.5 Å². The predicted octanol–water partition coefficient (Wildman–Crippen LogP) is -2.94. The molecule has 0 aromatic rings. The molecule has 0 aromatic heterocycles. The molecule has 3 saturated carbocycles. The van der Waals surface area contributed by atoms with Crippen molar-refractivity contribution in [1.82, 2.24) is 0 Å². The number of carbonyl (C=O) groups is 2. The maximum absolute atomic E-state index is 14.6. The summed E-state index contributed by atoms with van der Waals surface area (Å²) in [5.41, 5.74) is -1.46. The number of cyclic esters (lactones) is 1. The van der Waals surface area contributed by atoms with Gasteiger partial charge in [-0.3, -0.25) is 13.8 Å². The fourth-order valence-corrected chi connectivity index (χ4v) is 16.4. The maximum Gasteiger partial charge on any atom is 1.00 e. The Hall–Kier alpha value is -1.65. The first kappa shape index (κ1) is 66.3. The van der Waals surface area contributed by atoms with Gasteiger partial charge in [0, 0.05) is 19.4 Å². The van der Waals surface area contributed by atoms with E-state index in [1.165, 1.54) is 21.0 Å². The van der Waals surface area contributed by atoms with Crippen LogP contribution < -0.4 is 29.6 Å². The van der Waals surface area contributed by atoms with Crippen LogP contribution in [0, 0.1) is 39.4 Å². The molecule has 4 aliphatic carbocycles. The number of fused-ring (bicyclic) bond motifs is 4. The van der Waals surface area contributed by atoms with Crippen LogP contribution in [0.4, 0.5) is 0 Å². The average molecular weight is 1200 g/mol. The molecule has 0 aromatic carbocycles. The zero-order valence-electron chi connectivity index (χ0n) is 48.4. The molecule has 5 aliphatic heterocycles. The standard InChI is InChI=1S/C55H84O25S.Na/c1-24(2)12-11-17-54(9)45-30(73-26(4)57)20-53(8)28-13-14-33-51(5,6)34(16-18-52(33,7)27(28)15-19-55(45,53)50(65)79-54)75-49-44(36(60)32(23-71-49)80-81(66,67)68)78-47-38(62)37(61)41(25(3)72-47)76-46-39(63)42(29(58)22-70-46)77-48-40(64)43(69-10)35(59)31(21-56)74-48;/h11-13,17,25,27,29-49,56,58-64H,14-16,18-23H2,1-10H3,(H,66,67,68);/q;+1/p-1/b17-11+;/t25-,27-,29-,30+,31-,32-,33+,34+,35-,36+,37-,38-,39-,40-,41-,42+,43+,44-,45-,46+,47+,48+,49+,52-,53+,54+,55-;/m1./s1. The average Bonchev–Trinajstić information content (AvgIpc) is 1.52. The van der Waals surface area contributed by atoms with Gasteiger partial charge in [0.05, 0.1) is 43.4 Å². The maximum atomic E-state index is 14.6. The summed E-state index contributed by atoms with van der Waals surface area (Å²) in [4.78, 5) is 27.4. The van der Waals surface area contributed by atoms with Gasteiger partial charge in [-0.15, -0.1) is 0 Å². The first-order chi connectivity index (χ1) is 37.9. The van der Waals surface area contributed by atoms with Gasteiger partial charge in [-0.1, -0.05) is 57.1 Å². The molecule has 8 N–H and O–H groups in total. The summed E-state index contributed by atoms with van der Waals surface area (Å²) in [7, 11) is -4.21. The largest absolute Gasteiger partial charge is 1.00 e. The van der Waals surface area contributed by atoms with Crippen molar-refractivity contribution >= 4 is 22.3 Å². The monoisotopic (exact) mass is 1200 g/mol. The molecule has 5 saturated heterocycles.